The van der Waals surface area contributed by atoms with Crippen LogP contribution in [0.2, 0.25) is 0 Å². The van der Waals surface area contributed by atoms with Crippen LogP contribution in [0.1, 0.15) is 25.3 Å². The molecule has 1 aromatic rings. The molecule has 1 atom stereocenters. The molecule has 2 rings (SSSR count). The maximum atomic E-state index is 5.65. The third-order valence-electron chi connectivity index (χ3n) is 2.33. The van der Waals surface area contributed by atoms with Crippen LogP contribution in [0, 0.1) is 0 Å². The van der Waals surface area contributed by atoms with Crippen molar-refractivity contribution in [2.24, 2.45) is 0 Å². The van der Waals surface area contributed by atoms with Gasteiger partial charge in [0, 0.05) is 24.2 Å². The molecule has 1 aliphatic rings. The lowest BCUT2D eigenvalue weighted by Crippen LogP contribution is -2.18. The molecule has 1 saturated heterocycles. The molecule has 1 fully saturated rings. The fraction of sp³-hybridized carbons (Fsp3) is 0.636. The second-order valence-electron chi connectivity index (χ2n) is 3.66. The number of aromatic nitrogens is 2. The molecule has 4 nitrogen and oxygen atoms in total. The van der Waals surface area contributed by atoms with Crippen molar-refractivity contribution in [1.82, 2.24) is 9.97 Å². The minimum absolute atomic E-state index is 0.0575. The summed E-state index contributed by atoms with van der Waals surface area (Å²) in [6, 6.07) is 1.90. The molecule has 88 valence electrons. The molecular formula is C11H17N3OS. The maximum Gasteiger partial charge on any atom is 0.160 e. The second kappa shape index (κ2) is 6.06. The van der Waals surface area contributed by atoms with E-state index in [1.807, 2.05) is 17.8 Å². The lowest BCUT2D eigenvalue weighted by atomic mass is 10.3. The van der Waals surface area contributed by atoms with Gasteiger partial charge in [-0.15, -0.1) is 0 Å². The van der Waals surface area contributed by atoms with Crippen LogP contribution in [-0.4, -0.2) is 34.6 Å². The van der Waals surface area contributed by atoms with Gasteiger partial charge in [-0.2, -0.15) is 11.8 Å². The topological polar surface area (TPSA) is 47.0 Å². The van der Waals surface area contributed by atoms with Gasteiger partial charge in [0.15, 0.2) is 5.82 Å². The van der Waals surface area contributed by atoms with Crippen molar-refractivity contribution in [1.29, 1.82) is 0 Å². The van der Waals surface area contributed by atoms with Gasteiger partial charge in [-0.05, 0) is 12.5 Å². The van der Waals surface area contributed by atoms with E-state index in [0.29, 0.717) is 0 Å². The third-order valence-corrected chi connectivity index (χ3v) is 3.33. The first kappa shape index (κ1) is 11.7. The van der Waals surface area contributed by atoms with Crippen molar-refractivity contribution < 1.29 is 4.74 Å². The molecule has 2 heterocycles. The van der Waals surface area contributed by atoms with E-state index >= 15 is 0 Å². The number of nitrogens with zero attached hydrogens (tertiary/aromatic N) is 2. The summed E-state index contributed by atoms with van der Waals surface area (Å²) in [4.78, 5) is 8.76. The van der Waals surface area contributed by atoms with E-state index in [9.17, 15) is 0 Å². The summed E-state index contributed by atoms with van der Waals surface area (Å²) in [5, 5.41) is 3.26. The smallest absolute Gasteiger partial charge is 0.160 e. The highest BCUT2D eigenvalue weighted by Gasteiger charge is 2.19. The number of hydrogen-bond donors (Lipinski definition) is 1. The van der Waals surface area contributed by atoms with E-state index in [-0.39, 0.29) is 6.10 Å². The maximum absolute atomic E-state index is 5.65. The van der Waals surface area contributed by atoms with Gasteiger partial charge in [-0.25, -0.2) is 9.97 Å². The number of thioether (sulfide) groups is 1. The summed E-state index contributed by atoms with van der Waals surface area (Å²) >= 11 is 1.90. The normalized spacial score (nSPS) is 20.7. The molecule has 5 heteroatoms. The molecular weight excluding hydrogens is 222 g/mol. The van der Waals surface area contributed by atoms with Gasteiger partial charge in [0.25, 0.3) is 0 Å². The Balaban J connectivity index is 2.02. The van der Waals surface area contributed by atoms with Crippen molar-refractivity contribution in [2.75, 3.05) is 30.0 Å². The van der Waals surface area contributed by atoms with E-state index in [4.69, 9.17) is 4.74 Å². The molecule has 0 aliphatic carbocycles. The largest absolute Gasteiger partial charge is 0.370 e. The lowest BCUT2D eigenvalue weighted by molar-refractivity contribution is 0.0695. The van der Waals surface area contributed by atoms with Gasteiger partial charge < -0.3 is 10.1 Å². The van der Waals surface area contributed by atoms with Crippen LogP contribution in [0.15, 0.2) is 12.3 Å². The summed E-state index contributed by atoms with van der Waals surface area (Å²) in [6.07, 6.45) is 2.94. The quantitative estimate of drug-likeness (QED) is 0.872. The van der Waals surface area contributed by atoms with Crippen LogP contribution in [0.4, 0.5) is 5.82 Å². The fourth-order valence-electron chi connectivity index (χ4n) is 1.52. The standard InChI is InChI=1S/C11H17N3OS/c1-2-4-12-10-3-5-13-11(14-10)9-8-16-7-6-15-9/h3,5,9H,2,4,6-8H2,1H3,(H,12,13,14). The summed E-state index contributed by atoms with van der Waals surface area (Å²) in [6.45, 7) is 3.87. The molecule has 0 spiro atoms. The summed E-state index contributed by atoms with van der Waals surface area (Å²) in [7, 11) is 0. The van der Waals surface area contributed by atoms with Gasteiger partial charge in [-0.3, -0.25) is 0 Å². The Hall–Kier alpha value is -0.810. The molecule has 0 saturated carbocycles. The van der Waals surface area contributed by atoms with E-state index < -0.39 is 0 Å². The van der Waals surface area contributed by atoms with Crippen LogP contribution in [0.25, 0.3) is 0 Å². The Labute approximate surface area is 100 Å². The number of hydrogen-bond acceptors (Lipinski definition) is 5. The molecule has 0 bridgehead atoms. The zero-order valence-electron chi connectivity index (χ0n) is 9.48. The molecule has 1 aliphatic heterocycles. The van der Waals surface area contributed by atoms with Crippen molar-refractivity contribution >= 4 is 17.6 Å². The predicted octanol–water partition coefficient (Wildman–Crippen LogP) is 2.10. The Morgan fingerprint density at radius 3 is 3.31 bits per heavy atom. The van der Waals surface area contributed by atoms with Crippen LogP contribution >= 0.6 is 11.8 Å². The second-order valence-corrected chi connectivity index (χ2v) is 4.81. The number of ether oxygens (including phenoxy) is 1. The van der Waals surface area contributed by atoms with Crippen LogP contribution in [-0.2, 0) is 4.74 Å². The Morgan fingerprint density at radius 1 is 1.62 bits per heavy atom. The Kier molecular flexibility index (Phi) is 4.42. The van der Waals surface area contributed by atoms with E-state index in [0.717, 1.165) is 42.7 Å². The Morgan fingerprint density at radius 2 is 2.56 bits per heavy atom. The van der Waals surface area contributed by atoms with E-state index in [1.165, 1.54) is 0 Å². The molecule has 1 N–H and O–H groups in total. The summed E-state index contributed by atoms with van der Waals surface area (Å²) < 4.78 is 5.65. The molecule has 0 aromatic carbocycles. The van der Waals surface area contributed by atoms with Gasteiger partial charge in [0.1, 0.15) is 11.9 Å². The highest BCUT2D eigenvalue weighted by molar-refractivity contribution is 7.99. The Bertz CT molecular complexity index is 329. The first-order valence-electron chi connectivity index (χ1n) is 5.66. The van der Waals surface area contributed by atoms with Gasteiger partial charge in [-0.1, -0.05) is 6.92 Å². The van der Waals surface area contributed by atoms with E-state index in [2.05, 4.69) is 22.2 Å². The van der Waals surface area contributed by atoms with Crippen LogP contribution in [0.5, 0.6) is 0 Å². The van der Waals surface area contributed by atoms with Crippen LogP contribution in [0.3, 0.4) is 0 Å². The lowest BCUT2D eigenvalue weighted by Gasteiger charge is -2.21. The van der Waals surface area contributed by atoms with Crippen molar-refractivity contribution in [3.05, 3.63) is 18.1 Å². The average molecular weight is 239 g/mol. The predicted molar refractivity (Wildman–Crippen MR) is 66.8 cm³/mol. The summed E-state index contributed by atoms with van der Waals surface area (Å²) in [5.41, 5.74) is 0. The molecule has 0 radical (unpaired) electrons. The van der Waals surface area contributed by atoms with Gasteiger partial charge in [0.05, 0.1) is 6.61 Å². The monoisotopic (exact) mass is 239 g/mol. The van der Waals surface area contributed by atoms with Crippen molar-refractivity contribution in [3.8, 4) is 0 Å². The molecule has 1 aromatic heterocycles. The molecule has 16 heavy (non-hydrogen) atoms. The number of anilines is 1. The summed E-state index contributed by atoms with van der Waals surface area (Å²) in [5.74, 6) is 3.72. The van der Waals surface area contributed by atoms with Gasteiger partial charge >= 0.3 is 0 Å². The first-order valence-corrected chi connectivity index (χ1v) is 6.82. The highest BCUT2D eigenvalue weighted by Crippen LogP contribution is 2.24. The highest BCUT2D eigenvalue weighted by atomic mass is 32.2. The minimum Gasteiger partial charge on any atom is -0.370 e. The average Bonchev–Trinajstić information content (AvgIpc) is 2.38. The van der Waals surface area contributed by atoms with E-state index in [1.54, 1.807) is 6.20 Å². The third kappa shape index (κ3) is 3.09. The minimum atomic E-state index is 0.0575. The van der Waals surface area contributed by atoms with Gasteiger partial charge in [0.2, 0.25) is 0 Å². The number of rotatable bonds is 4. The van der Waals surface area contributed by atoms with Crippen molar-refractivity contribution in [2.45, 2.75) is 19.4 Å². The van der Waals surface area contributed by atoms with Crippen LogP contribution < -0.4 is 5.32 Å². The molecule has 1 unspecified atom stereocenters. The number of nitrogens with one attached hydrogen (secondary N) is 1. The zero-order chi connectivity index (χ0) is 11.2. The first-order chi connectivity index (χ1) is 7.90. The molecule has 0 amide bonds. The zero-order valence-corrected chi connectivity index (χ0v) is 10.3. The SMILES string of the molecule is CCCNc1ccnc(C2CSCCO2)n1. The fourth-order valence-corrected chi connectivity index (χ4v) is 2.36. The van der Waals surface area contributed by atoms with Crippen molar-refractivity contribution in [3.63, 3.8) is 0 Å².